The Hall–Kier alpha value is -1.88. The van der Waals surface area contributed by atoms with Crippen LogP contribution in [0.2, 0.25) is 0 Å². The van der Waals surface area contributed by atoms with Crippen molar-refractivity contribution in [3.63, 3.8) is 0 Å². The largest absolute Gasteiger partial charge is 0.352 e. The molecule has 23 heavy (non-hydrogen) atoms. The monoisotopic (exact) mass is 315 g/mol. The highest BCUT2D eigenvalue weighted by atomic mass is 16.2. The average Bonchev–Trinajstić information content (AvgIpc) is 3.24. The van der Waals surface area contributed by atoms with Crippen LogP contribution >= 0.6 is 0 Å². The molecular formula is C18H25N3O2. The van der Waals surface area contributed by atoms with Crippen molar-refractivity contribution >= 4 is 11.8 Å². The zero-order valence-electron chi connectivity index (χ0n) is 13.7. The topological polar surface area (TPSA) is 61.4 Å². The molecule has 2 aliphatic rings. The molecule has 2 amide bonds. The van der Waals surface area contributed by atoms with E-state index in [9.17, 15) is 9.59 Å². The summed E-state index contributed by atoms with van der Waals surface area (Å²) in [6, 6.07) is 7.52. The van der Waals surface area contributed by atoms with Crippen molar-refractivity contribution in [3.8, 4) is 0 Å². The molecule has 5 heteroatoms. The minimum Gasteiger partial charge on any atom is -0.352 e. The van der Waals surface area contributed by atoms with E-state index >= 15 is 0 Å². The van der Waals surface area contributed by atoms with Crippen molar-refractivity contribution in [2.75, 3.05) is 26.2 Å². The van der Waals surface area contributed by atoms with E-state index in [1.165, 1.54) is 0 Å². The molecule has 1 aromatic rings. The molecule has 0 radical (unpaired) electrons. The summed E-state index contributed by atoms with van der Waals surface area (Å²) in [4.78, 5) is 26.6. The van der Waals surface area contributed by atoms with E-state index in [0.29, 0.717) is 12.5 Å². The second-order valence-corrected chi connectivity index (χ2v) is 6.62. The van der Waals surface area contributed by atoms with Gasteiger partial charge in [0.05, 0.1) is 6.04 Å². The summed E-state index contributed by atoms with van der Waals surface area (Å²) in [7, 11) is 0. The summed E-state index contributed by atoms with van der Waals surface area (Å²) in [5.74, 6) is 0.521. The standard InChI is InChI=1S/C18H25N3O2/c1-13-6-2-3-7-15(13)17(22)20-12-14-10-16(19-11-14)18(23)21-8-4-5-9-21/h2-3,6-7,14,16,19H,4-5,8-12H2,1H3,(H,20,22)/t14?,16-/m0/s1. The smallest absolute Gasteiger partial charge is 0.251 e. The van der Waals surface area contributed by atoms with Crippen molar-refractivity contribution in [2.24, 2.45) is 5.92 Å². The van der Waals surface area contributed by atoms with Crippen molar-refractivity contribution in [2.45, 2.75) is 32.2 Å². The molecule has 124 valence electrons. The van der Waals surface area contributed by atoms with E-state index in [2.05, 4.69) is 10.6 Å². The SMILES string of the molecule is Cc1ccccc1C(=O)NCC1CN[C@H](C(=O)N2CCCC2)C1. The highest BCUT2D eigenvalue weighted by Crippen LogP contribution is 2.18. The molecule has 2 aliphatic heterocycles. The number of carbonyl (C=O) groups excluding carboxylic acids is 2. The summed E-state index contributed by atoms with van der Waals surface area (Å²) in [5, 5.41) is 6.32. The number of benzene rings is 1. The molecule has 1 unspecified atom stereocenters. The number of hydrogen-bond acceptors (Lipinski definition) is 3. The Kier molecular flexibility index (Phi) is 4.96. The first-order valence-electron chi connectivity index (χ1n) is 8.51. The Morgan fingerprint density at radius 3 is 2.74 bits per heavy atom. The van der Waals surface area contributed by atoms with Gasteiger partial charge in [0.15, 0.2) is 0 Å². The number of rotatable bonds is 4. The van der Waals surface area contributed by atoms with Gasteiger partial charge in [-0.2, -0.15) is 0 Å². The Morgan fingerprint density at radius 2 is 2.00 bits per heavy atom. The Balaban J connectivity index is 1.47. The average molecular weight is 315 g/mol. The number of carbonyl (C=O) groups is 2. The maximum Gasteiger partial charge on any atom is 0.251 e. The fourth-order valence-corrected chi connectivity index (χ4v) is 3.47. The van der Waals surface area contributed by atoms with Gasteiger partial charge in [-0.3, -0.25) is 9.59 Å². The lowest BCUT2D eigenvalue weighted by atomic mass is 10.0. The zero-order valence-corrected chi connectivity index (χ0v) is 13.7. The highest BCUT2D eigenvalue weighted by Gasteiger charge is 2.33. The van der Waals surface area contributed by atoms with Gasteiger partial charge in [-0.15, -0.1) is 0 Å². The third-order valence-electron chi connectivity index (χ3n) is 4.88. The quantitative estimate of drug-likeness (QED) is 0.881. The molecule has 0 bridgehead atoms. The van der Waals surface area contributed by atoms with E-state index in [1.807, 2.05) is 36.1 Å². The van der Waals surface area contributed by atoms with E-state index in [-0.39, 0.29) is 17.9 Å². The molecule has 1 aromatic carbocycles. The molecule has 2 saturated heterocycles. The van der Waals surface area contributed by atoms with E-state index in [4.69, 9.17) is 0 Å². The number of nitrogens with one attached hydrogen (secondary N) is 2. The lowest BCUT2D eigenvalue weighted by molar-refractivity contribution is -0.132. The molecule has 0 spiro atoms. The van der Waals surface area contributed by atoms with Crippen molar-refractivity contribution in [1.82, 2.24) is 15.5 Å². The zero-order chi connectivity index (χ0) is 16.2. The van der Waals surface area contributed by atoms with E-state index in [1.54, 1.807) is 0 Å². The summed E-state index contributed by atoms with van der Waals surface area (Å²) < 4.78 is 0. The predicted octanol–water partition coefficient (Wildman–Crippen LogP) is 1.33. The molecule has 5 nitrogen and oxygen atoms in total. The third-order valence-corrected chi connectivity index (χ3v) is 4.88. The molecule has 0 saturated carbocycles. The van der Waals surface area contributed by atoms with Crippen LogP contribution in [0, 0.1) is 12.8 Å². The fraction of sp³-hybridized carbons (Fsp3) is 0.556. The van der Waals surface area contributed by atoms with Gasteiger partial charge in [-0.05, 0) is 43.7 Å². The van der Waals surface area contributed by atoms with E-state index < -0.39 is 0 Å². The summed E-state index contributed by atoms with van der Waals surface area (Å²) in [6.45, 7) is 5.14. The van der Waals surface area contributed by atoms with Crippen LogP contribution in [-0.4, -0.2) is 48.9 Å². The van der Waals surface area contributed by atoms with Crippen LogP contribution in [0.4, 0.5) is 0 Å². The number of hydrogen-bond donors (Lipinski definition) is 2. The predicted molar refractivity (Wildman–Crippen MR) is 89.2 cm³/mol. The third kappa shape index (κ3) is 3.72. The molecule has 2 heterocycles. The van der Waals surface area contributed by atoms with Crippen molar-refractivity contribution in [1.29, 1.82) is 0 Å². The van der Waals surface area contributed by atoms with Gasteiger partial charge in [0.1, 0.15) is 0 Å². The van der Waals surface area contributed by atoms with Gasteiger partial charge in [0, 0.05) is 31.7 Å². The normalized spacial score (nSPS) is 24.0. The second-order valence-electron chi connectivity index (χ2n) is 6.62. The second kappa shape index (κ2) is 7.13. The maximum atomic E-state index is 12.4. The first-order valence-corrected chi connectivity index (χ1v) is 8.51. The number of aryl methyl sites for hydroxylation is 1. The molecule has 0 aromatic heterocycles. The van der Waals surface area contributed by atoms with Gasteiger partial charge in [-0.1, -0.05) is 18.2 Å². The van der Waals surface area contributed by atoms with Crippen LogP contribution < -0.4 is 10.6 Å². The van der Waals surface area contributed by atoms with Crippen molar-refractivity contribution in [3.05, 3.63) is 35.4 Å². The Labute approximate surface area is 137 Å². The first-order chi connectivity index (χ1) is 11.1. The summed E-state index contributed by atoms with van der Waals surface area (Å²) in [5.41, 5.74) is 1.71. The van der Waals surface area contributed by atoms with Crippen LogP contribution in [0.15, 0.2) is 24.3 Å². The van der Waals surface area contributed by atoms with Gasteiger partial charge < -0.3 is 15.5 Å². The summed E-state index contributed by atoms with van der Waals surface area (Å²) in [6.07, 6.45) is 3.05. The molecule has 2 atom stereocenters. The summed E-state index contributed by atoms with van der Waals surface area (Å²) >= 11 is 0. The molecule has 0 aliphatic carbocycles. The van der Waals surface area contributed by atoms with Gasteiger partial charge in [0.25, 0.3) is 5.91 Å². The minimum absolute atomic E-state index is 0.0302. The van der Waals surface area contributed by atoms with Crippen LogP contribution in [0.1, 0.15) is 35.2 Å². The van der Waals surface area contributed by atoms with Gasteiger partial charge >= 0.3 is 0 Å². The number of nitrogens with zero attached hydrogens (tertiary/aromatic N) is 1. The van der Waals surface area contributed by atoms with Crippen LogP contribution in [0.25, 0.3) is 0 Å². The first kappa shape index (κ1) is 16.0. The van der Waals surface area contributed by atoms with Crippen LogP contribution in [0.5, 0.6) is 0 Å². The van der Waals surface area contributed by atoms with Crippen LogP contribution in [0.3, 0.4) is 0 Å². The van der Waals surface area contributed by atoms with Crippen LogP contribution in [-0.2, 0) is 4.79 Å². The van der Waals surface area contributed by atoms with Crippen molar-refractivity contribution < 1.29 is 9.59 Å². The van der Waals surface area contributed by atoms with E-state index in [0.717, 1.165) is 50.0 Å². The lowest BCUT2D eigenvalue weighted by Gasteiger charge is -2.20. The van der Waals surface area contributed by atoms with Gasteiger partial charge in [0.2, 0.25) is 5.91 Å². The number of likely N-dealkylation sites (tertiary alicyclic amines) is 1. The molecular weight excluding hydrogens is 290 g/mol. The van der Waals surface area contributed by atoms with Gasteiger partial charge in [-0.25, -0.2) is 0 Å². The Morgan fingerprint density at radius 1 is 1.26 bits per heavy atom. The molecule has 2 fully saturated rings. The lowest BCUT2D eigenvalue weighted by Crippen LogP contribution is -2.42. The fourth-order valence-electron chi connectivity index (χ4n) is 3.47. The molecule has 3 rings (SSSR count). The number of amides is 2. The minimum atomic E-state index is -0.0755. The molecule has 2 N–H and O–H groups in total. The Bertz CT molecular complexity index is 581. The maximum absolute atomic E-state index is 12.4. The highest BCUT2D eigenvalue weighted by molar-refractivity contribution is 5.95.